The highest BCUT2D eigenvalue weighted by Crippen LogP contribution is 2.34. The number of hydrogen-bond donors (Lipinski definition) is 1. The number of ether oxygens (including phenoxy) is 1. The number of halogens is 3. The number of terminal acetylenes is 1. The molecule has 158 valence electrons. The van der Waals surface area contributed by atoms with Crippen molar-refractivity contribution in [3.8, 4) is 18.1 Å². The highest BCUT2D eigenvalue weighted by atomic mass is 127. The number of benzene rings is 2. The molecule has 6 nitrogen and oxygen atoms in total. The first-order chi connectivity index (χ1) is 14.8. The summed E-state index contributed by atoms with van der Waals surface area (Å²) in [5.74, 6) is 2.08. The number of nitrogens with zero attached hydrogens (tertiary/aromatic N) is 1. The summed E-state index contributed by atoms with van der Waals surface area (Å²) >= 11 is 10.9. The Balaban J connectivity index is 1.73. The molecule has 0 spiro atoms. The van der Waals surface area contributed by atoms with E-state index in [2.05, 4.69) is 56.4 Å². The zero-order valence-corrected chi connectivity index (χ0v) is 21.5. The van der Waals surface area contributed by atoms with Crippen molar-refractivity contribution in [1.82, 2.24) is 4.90 Å². The summed E-state index contributed by atoms with van der Waals surface area (Å²) < 4.78 is 7.19. The first-order valence-electron chi connectivity index (χ1n) is 8.64. The van der Waals surface area contributed by atoms with Gasteiger partial charge in [-0.2, -0.15) is 0 Å². The summed E-state index contributed by atoms with van der Waals surface area (Å²) in [6, 6.07) is 10.3. The van der Waals surface area contributed by atoms with Crippen molar-refractivity contribution in [1.29, 1.82) is 0 Å². The van der Waals surface area contributed by atoms with E-state index in [1.165, 1.54) is 0 Å². The third kappa shape index (κ3) is 6.15. The van der Waals surface area contributed by atoms with Crippen LogP contribution in [0.1, 0.15) is 5.56 Å². The molecule has 31 heavy (non-hydrogen) atoms. The molecule has 1 aliphatic heterocycles. The molecule has 3 amide bonds. The van der Waals surface area contributed by atoms with Gasteiger partial charge in [0.05, 0.1) is 12.0 Å². The Morgan fingerprint density at radius 2 is 1.97 bits per heavy atom. The van der Waals surface area contributed by atoms with Gasteiger partial charge in [-0.1, -0.05) is 23.6 Å². The first kappa shape index (κ1) is 23.9. The van der Waals surface area contributed by atoms with Gasteiger partial charge in [0, 0.05) is 10.7 Å². The van der Waals surface area contributed by atoms with Crippen LogP contribution in [0.2, 0.25) is 5.02 Å². The standard InChI is InChI=1S/C21H13ClI2N2O4S/c1-2-6-30-19-15(23)7-12(8-16(19)24)9-17-20(28)26(21(29)31-17)11-18(27)25-14-5-3-4-13(22)10-14/h1,3-5,7-10H,6,11H2,(H,25,27)/b17-9-. The Kier molecular flexibility index (Phi) is 8.26. The van der Waals surface area contributed by atoms with Gasteiger partial charge >= 0.3 is 0 Å². The van der Waals surface area contributed by atoms with E-state index in [9.17, 15) is 14.4 Å². The molecule has 2 aromatic rings. The summed E-state index contributed by atoms with van der Waals surface area (Å²) in [6.07, 6.45) is 6.86. The minimum absolute atomic E-state index is 0.154. The van der Waals surface area contributed by atoms with E-state index in [-0.39, 0.29) is 18.1 Å². The van der Waals surface area contributed by atoms with E-state index < -0.39 is 17.1 Å². The number of anilines is 1. The second kappa shape index (κ2) is 10.7. The molecule has 0 unspecified atom stereocenters. The van der Waals surface area contributed by atoms with E-state index in [0.29, 0.717) is 16.5 Å². The van der Waals surface area contributed by atoms with Crippen molar-refractivity contribution in [3.05, 3.63) is 59.0 Å². The Labute approximate surface area is 215 Å². The van der Waals surface area contributed by atoms with Crippen molar-refractivity contribution in [3.63, 3.8) is 0 Å². The molecule has 0 saturated carbocycles. The number of imide groups is 1. The minimum Gasteiger partial charge on any atom is -0.479 e. The van der Waals surface area contributed by atoms with Crippen LogP contribution in [0, 0.1) is 19.5 Å². The third-order valence-electron chi connectivity index (χ3n) is 3.90. The highest BCUT2D eigenvalue weighted by Gasteiger charge is 2.36. The second-order valence-corrected chi connectivity index (χ2v) is 9.89. The Hall–Kier alpha value is -1.75. The second-order valence-electron chi connectivity index (χ2n) is 6.13. The van der Waals surface area contributed by atoms with Crippen molar-refractivity contribution in [2.45, 2.75) is 0 Å². The van der Waals surface area contributed by atoms with Gasteiger partial charge in [-0.3, -0.25) is 19.3 Å². The monoisotopic (exact) mass is 678 g/mol. The van der Waals surface area contributed by atoms with E-state index in [4.69, 9.17) is 22.8 Å². The molecular formula is C21H13ClI2N2O4S. The zero-order chi connectivity index (χ0) is 22.5. The van der Waals surface area contributed by atoms with Gasteiger partial charge in [0.15, 0.2) is 0 Å². The fourth-order valence-electron chi connectivity index (χ4n) is 2.61. The summed E-state index contributed by atoms with van der Waals surface area (Å²) in [5, 5.41) is 2.59. The average molecular weight is 679 g/mol. The molecule has 2 aromatic carbocycles. The van der Waals surface area contributed by atoms with Crippen LogP contribution in [0.15, 0.2) is 41.3 Å². The first-order valence-corrected chi connectivity index (χ1v) is 12.0. The molecule has 10 heteroatoms. The summed E-state index contributed by atoms with van der Waals surface area (Å²) in [4.78, 5) is 38.5. The van der Waals surface area contributed by atoms with Crippen LogP contribution in [0.4, 0.5) is 10.5 Å². The number of hydrogen-bond acceptors (Lipinski definition) is 5. The largest absolute Gasteiger partial charge is 0.479 e. The fraction of sp³-hybridized carbons (Fsp3) is 0.0952. The maximum absolute atomic E-state index is 12.7. The summed E-state index contributed by atoms with van der Waals surface area (Å²) in [5.41, 5.74) is 1.21. The molecule has 0 atom stereocenters. The minimum atomic E-state index is -0.520. The van der Waals surface area contributed by atoms with Crippen LogP contribution in [0.3, 0.4) is 0 Å². The molecule has 0 aliphatic carbocycles. The quantitative estimate of drug-likeness (QED) is 0.257. The number of amides is 3. The molecule has 0 bridgehead atoms. The van der Waals surface area contributed by atoms with Gasteiger partial charge in [-0.15, -0.1) is 6.42 Å². The van der Waals surface area contributed by atoms with Gasteiger partial charge < -0.3 is 10.1 Å². The summed E-state index contributed by atoms with van der Waals surface area (Å²) in [6.45, 7) is -0.232. The van der Waals surface area contributed by atoms with Crippen LogP contribution in [0.25, 0.3) is 6.08 Å². The van der Waals surface area contributed by atoms with E-state index in [1.807, 2.05) is 12.1 Å². The maximum Gasteiger partial charge on any atom is 0.294 e. The zero-order valence-electron chi connectivity index (χ0n) is 15.7. The number of rotatable bonds is 6. The SMILES string of the molecule is C#CCOc1c(I)cc(/C=C2\SC(=O)N(CC(=O)Nc3cccc(Cl)c3)C2=O)cc1I. The molecule has 1 aliphatic rings. The molecule has 0 radical (unpaired) electrons. The summed E-state index contributed by atoms with van der Waals surface area (Å²) in [7, 11) is 0. The lowest BCUT2D eigenvalue weighted by Gasteiger charge is -2.12. The lowest BCUT2D eigenvalue weighted by molar-refractivity contribution is -0.127. The van der Waals surface area contributed by atoms with Crippen molar-refractivity contribution < 1.29 is 19.1 Å². The average Bonchev–Trinajstić information content (AvgIpc) is 2.95. The molecule has 0 aromatic heterocycles. The Morgan fingerprint density at radius 1 is 1.26 bits per heavy atom. The smallest absolute Gasteiger partial charge is 0.294 e. The van der Waals surface area contributed by atoms with E-state index in [1.54, 1.807) is 30.3 Å². The predicted octanol–water partition coefficient (Wildman–Crippen LogP) is 5.24. The number of thioether (sulfide) groups is 1. The molecular weight excluding hydrogens is 666 g/mol. The van der Waals surface area contributed by atoms with Crippen LogP contribution in [-0.2, 0) is 9.59 Å². The van der Waals surface area contributed by atoms with Gasteiger partial charge in [0.25, 0.3) is 11.1 Å². The van der Waals surface area contributed by atoms with Crippen molar-refractivity contribution >= 4 is 97.4 Å². The van der Waals surface area contributed by atoms with Crippen LogP contribution in [-0.4, -0.2) is 35.1 Å². The van der Waals surface area contributed by atoms with Crippen LogP contribution in [0.5, 0.6) is 5.75 Å². The van der Waals surface area contributed by atoms with Crippen molar-refractivity contribution in [2.24, 2.45) is 0 Å². The normalized spacial score (nSPS) is 14.6. The lowest BCUT2D eigenvalue weighted by Crippen LogP contribution is -2.36. The maximum atomic E-state index is 12.7. The van der Waals surface area contributed by atoms with Crippen molar-refractivity contribution in [2.75, 3.05) is 18.5 Å². The van der Waals surface area contributed by atoms with E-state index >= 15 is 0 Å². The van der Waals surface area contributed by atoms with Crippen LogP contribution >= 0.6 is 68.5 Å². The molecule has 1 heterocycles. The van der Waals surface area contributed by atoms with Gasteiger partial charge in [0.1, 0.15) is 18.9 Å². The highest BCUT2D eigenvalue weighted by molar-refractivity contribution is 14.1. The van der Waals surface area contributed by atoms with Crippen LogP contribution < -0.4 is 10.1 Å². The lowest BCUT2D eigenvalue weighted by atomic mass is 10.2. The van der Waals surface area contributed by atoms with Gasteiger partial charge in [-0.05, 0) is 98.9 Å². The fourth-order valence-corrected chi connectivity index (χ4v) is 5.77. The number of nitrogens with one attached hydrogen (secondary N) is 1. The molecule has 1 fully saturated rings. The molecule has 3 rings (SSSR count). The number of carbonyl (C=O) groups is 3. The Bertz CT molecular complexity index is 1120. The molecule has 1 saturated heterocycles. The topological polar surface area (TPSA) is 75.7 Å². The van der Waals surface area contributed by atoms with Gasteiger partial charge in [0.2, 0.25) is 5.91 Å². The third-order valence-corrected chi connectivity index (χ3v) is 6.65. The number of carbonyl (C=O) groups excluding carboxylic acids is 3. The predicted molar refractivity (Wildman–Crippen MR) is 139 cm³/mol. The van der Waals surface area contributed by atoms with Gasteiger partial charge in [-0.25, -0.2) is 0 Å². The Morgan fingerprint density at radius 3 is 2.61 bits per heavy atom. The molecule has 1 N–H and O–H groups in total. The van der Waals surface area contributed by atoms with E-state index in [0.717, 1.165) is 29.4 Å².